The van der Waals surface area contributed by atoms with E-state index in [-0.39, 0.29) is 0 Å². The molecule has 1 unspecified atom stereocenters. The number of hydrogen-bond donors (Lipinski definition) is 1. The Morgan fingerprint density at radius 3 is 2.80 bits per heavy atom. The quantitative estimate of drug-likeness (QED) is 0.863. The van der Waals surface area contributed by atoms with Gasteiger partial charge in [0, 0.05) is 10.0 Å². The molecular weight excluding hydrogens is 265 g/mol. The minimum atomic E-state index is -0.650. The molecule has 0 spiro atoms. The predicted molar refractivity (Wildman–Crippen MR) is 57.4 cm³/mol. The van der Waals surface area contributed by atoms with Crippen molar-refractivity contribution in [2.75, 3.05) is 0 Å². The third kappa shape index (κ3) is 2.76. The predicted octanol–water partition coefficient (Wildman–Crippen LogP) is 2.50. The van der Waals surface area contributed by atoms with Crippen molar-refractivity contribution < 1.29 is 14.0 Å². The molecule has 0 amide bonds. The lowest BCUT2D eigenvalue weighted by molar-refractivity contribution is -0.146. The summed E-state index contributed by atoms with van der Waals surface area (Å²) in [6.45, 7) is 1.77. The first kappa shape index (κ1) is 12.1. The summed E-state index contributed by atoms with van der Waals surface area (Å²) in [6.07, 6.45) is 0.439. The molecule has 0 aromatic heterocycles. The summed E-state index contributed by atoms with van der Waals surface area (Å²) in [4.78, 5) is 15.4. The molecule has 0 fully saturated rings. The van der Waals surface area contributed by atoms with Crippen LogP contribution >= 0.6 is 15.9 Å². The lowest BCUT2D eigenvalue weighted by Crippen LogP contribution is -2.19. The summed E-state index contributed by atoms with van der Waals surface area (Å²) >= 11 is 3.14. The van der Waals surface area contributed by atoms with E-state index < -0.39 is 17.7 Å². The molecule has 0 aliphatic heterocycles. The summed E-state index contributed by atoms with van der Waals surface area (Å²) < 4.78 is 14.1. The molecule has 82 valence electrons. The largest absolute Gasteiger partial charge is 0.373 e. The SMILES string of the molecule is CCC(C(=O)ON)c1ccc(Br)cc1F. The van der Waals surface area contributed by atoms with Gasteiger partial charge in [0.25, 0.3) is 0 Å². The molecule has 5 heteroatoms. The van der Waals surface area contributed by atoms with Crippen molar-refractivity contribution in [3.63, 3.8) is 0 Å². The van der Waals surface area contributed by atoms with E-state index in [0.29, 0.717) is 16.5 Å². The third-order valence-electron chi connectivity index (χ3n) is 2.15. The molecule has 0 bridgehead atoms. The maximum atomic E-state index is 13.5. The Morgan fingerprint density at radius 1 is 1.67 bits per heavy atom. The summed E-state index contributed by atoms with van der Waals surface area (Å²) in [5.41, 5.74) is 0.302. The zero-order valence-corrected chi connectivity index (χ0v) is 9.75. The van der Waals surface area contributed by atoms with Gasteiger partial charge in [0.15, 0.2) is 0 Å². The molecule has 0 saturated carbocycles. The summed E-state index contributed by atoms with van der Waals surface area (Å²) in [7, 11) is 0. The second-order valence-corrected chi connectivity index (χ2v) is 3.98. The molecule has 0 saturated heterocycles. The van der Waals surface area contributed by atoms with Gasteiger partial charge in [-0.2, -0.15) is 5.90 Å². The highest BCUT2D eigenvalue weighted by molar-refractivity contribution is 9.10. The second kappa shape index (κ2) is 5.23. The van der Waals surface area contributed by atoms with Crippen LogP contribution < -0.4 is 5.90 Å². The zero-order chi connectivity index (χ0) is 11.4. The minimum Gasteiger partial charge on any atom is -0.373 e. The molecule has 3 nitrogen and oxygen atoms in total. The van der Waals surface area contributed by atoms with E-state index >= 15 is 0 Å². The van der Waals surface area contributed by atoms with Gasteiger partial charge in [-0.15, -0.1) is 0 Å². The van der Waals surface area contributed by atoms with Crippen molar-refractivity contribution in [2.24, 2.45) is 5.90 Å². The number of benzene rings is 1. The lowest BCUT2D eigenvalue weighted by Gasteiger charge is -2.12. The van der Waals surface area contributed by atoms with Gasteiger partial charge in [-0.25, -0.2) is 9.18 Å². The first-order valence-electron chi connectivity index (χ1n) is 4.45. The average Bonchev–Trinajstić information content (AvgIpc) is 2.21. The molecule has 0 aliphatic rings. The smallest absolute Gasteiger partial charge is 0.331 e. The Morgan fingerprint density at radius 2 is 2.33 bits per heavy atom. The number of rotatable bonds is 3. The third-order valence-corrected chi connectivity index (χ3v) is 2.64. The van der Waals surface area contributed by atoms with Crippen molar-refractivity contribution in [1.82, 2.24) is 0 Å². The first-order valence-corrected chi connectivity index (χ1v) is 5.25. The van der Waals surface area contributed by atoms with Gasteiger partial charge in [0.05, 0.1) is 5.92 Å². The summed E-state index contributed by atoms with van der Waals surface area (Å²) in [6, 6.07) is 4.52. The number of carbonyl (C=O) groups excluding carboxylic acids is 1. The van der Waals surface area contributed by atoms with Gasteiger partial charge in [-0.1, -0.05) is 28.9 Å². The maximum absolute atomic E-state index is 13.5. The van der Waals surface area contributed by atoms with Crippen molar-refractivity contribution in [3.8, 4) is 0 Å². The van der Waals surface area contributed by atoms with Crippen LogP contribution in [0.1, 0.15) is 24.8 Å². The second-order valence-electron chi connectivity index (χ2n) is 3.06. The molecule has 15 heavy (non-hydrogen) atoms. The van der Waals surface area contributed by atoms with E-state index in [1.165, 1.54) is 6.07 Å². The molecule has 2 N–H and O–H groups in total. The fraction of sp³-hybridized carbons (Fsp3) is 0.300. The van der Waals surface area contributed by atoms with Crippen molar-refractivity contribution in [1.29, 1.82) is 0 Å². The van der Waals surface area contributed by atoms with Crippen LogP contribution in [0, 0.1) is 5.82 Å². The van der Waals surface area contributed by atoms with Crippen molar-refractivity contribution in [2.45, 2.75) is 19.3 Å². The van der Waals surface area contributed by atoms with Gasteiger partial charge in [-0.05, 0) is 18.6 Å². The average molecular weight is 276 g/mol. The Hall–Kier alpha value is -0.940. The first-order chi connectivity index (χ1) is 7.10. The molecule has 1 atom stereocenters. The Kier molecular flexibility index (Phi) is 4.23. The normalized spacial score (nSPS) is 12.3. The van der Waals surface area contributed by atoms with Crippen LogP contribution in [0.15, 0.2) is 22.7 Å². The summed E-state index contributed by atoms with van der Waals surface area (Å²) in [5.74, 6) is 3.07. The van der Waals surface area contributed by atoms with Crippen LogP contribution in [0.2, 0.25) is 0 Å². The topological polar surface area (TPSA) is 52.3 Å². The van der Waals surface area contributed by atoms with Crippen LogP contribution in [0.4, 0.5) is 4.39 Å². The Labute approximate surface area is 95.5 Å². The van der Waals surface area contributed by atoms with Crippen molar-refractivity contribution in [3.05, 3.63) is 34.1 Å². The standard InChI is InChI=1S/C10H11BrFNO2/c1-2-7(10(14)15-13)8-4-3-6(11)5-9(8)12/h3-5,7H,2,13H2,1H3. The van der Waals surface area contributed by atoms with Crippen LogP contribution in [0.25, 0.3) is 0 Å². The Balaban J connectivity index is 3.07. The van der Waals surface area contributed by atoms with Gasteiger partial charge in [-0.3, -0.25) is 0 Å². The van der Waals surface area contributed by atoms with Gasteiger partial charge >= 0.3 is 5.97 Å². The lowest BCUT2D eigenvalue weighted by atomic mass is 9.96. The van der Waals surface area contributed by atoms with Crippen LogP contribution in [0.3, 0.4) is 0 Å². The highest BCUT2D eigenvalue weighted by Gasteiger charge is 2.22. The fourth-order valence-corrected chi connectivity index (χ4v) is 1.71. The van der Waals surface area contributed by atoms with E-state index in [1.54, 1.807) is 19.1 Å². The molecule has 0 radical (unpaired) electrons. The van der Waals surface area contributed by atoms with Crippen molar-refractivity contribution >= 4 is 21.9 Å². The van der Waals surface area contributed by atoms with E-state index in [4.69, 9.17) is 5.90 Å². The van der Waals surface area contributed by atoms with Crippen LogP contribution in [-0.4, -0.2) is 5.97 Å². The van der Waals surface area contributed by atoms with Gasteiger partial charge in [0.2, 0.25) is 0 Å². The van der Waals surface area contributed by atoms with E-state index in [1.807, 2.05) is 0 Å². The maximum Gasteiger partial charge on any atom is 0.331 e. The number of carbonyl (C=O) groups is 1. The number of nitrogens with two attached hydrogens (primary N) is 1. The molecule has 1 aromatic carbocycles. The molecule has 0 aliphatic carbocycles. The summed E-state index contributed by atoms with van der Waals surface area (Å²) in [5, 5.41) is 0. The molecule has 0 heterocycles. The highest BCUT2D eigenvalue weighted by atomic mass is 79.9. The minimum absolute atomic E-state index is 0.302. The molecule has 1 rings (SSSR count). The van der Waals surface area contributed by atoms with Crippen LogP contribution in [-0.2, 0) is 9.63 Å². The van der Waals surface area contributed by atoms with Gasteiger partial charge in [0.1, 0.15) is 5.82 Å². The molecule has 1 aromatic rings. The van der Waals surface area contributed by atoms with E-state index in [0.717, 1.165) is 0 Å². The van der Waals surface area contributed by atoms with E-state index in [9.17, 15) is 9.18 Å². The molecular formula is C10H11BrFNO2. The monoisotopic (exact) mass is 275 g/mol. The number of halogens is 2. The number of hydrogen-bond acceptors (Lipinski definition) is 3. The van der Waals surface area contributed by atoms with Crippen LogP contribution in [0.5, 0.6) is 0 Å². The fourth-order valence-electron chi connectivity index (χ4n) is 1.38. The Bertz CT molecular complexity index is 370. The zero-order valence-electron chi connectivity index (χ0n) is 8.17. The highest BCUT2D eigenvalue weighted by Crippen LogP contribution is 2.25. The van der Waals surface area contributed by atoms with Gasteiger partial charge < -0.3 is 4.84 Å². The van der Waals surface area contributed by atoms with E-state index in [2.05, 4.69) is 20.8 Å².